The molecular weight excluding hydrogens is 364 g/mol. The van der Waals surface area contributed by atoms with Crippen molar-refractivity contribution in [2.75, 3.05) is 0 Å². The van der Waals surface area contributed by atoms with E-state index in [1.165, 1.54) is 25.7 Å². The van der Waals surface area contributed by atoms with E-state index in [0.29, 0.717) is 23.7 Å². The summed E-state index contributed by atoms with van der Waals surface area (Å²) in [5.74, 6) is 2.63. The fraction of sp³-hybridized carbons (Fsp3) is 0.714. The van der Waals surface area contributed by atoms with Gasteiger partial charge >= 0.3 is 0 Å². The largest absolute Gasteiger partial charge is 0.306 e. The number of nitrogens with one attached hydrogen (secondary N) is 2. The van der Waals surface area contributed by atoms with Crippen molar-refractivity contribution in [1.29, 1.82) is 0 Å². The molecule has 2 N–H and O–H groups in total. The van der Waals surface area contributed by atoms with Crippen LogP contribution in [0.25, 0.3) is 0 Å². The van der Waals surface area contributed by atoms with Crippen LogP contribution in [-0.4, -0.2) is 22.2 Å². The highest BCUT2D eigenvalue weighted by Gasteiger charge is 2.53. The summed E-state index contributed by atoms with van der Waals surface area (Å²) in [6, 6.07) is 0. The third kappa shape index (κ3) is 3.39. The van der Waals surface area contributed by atoms with Crippen LogP contribution in [0.5, 0.6) is 0 Å². The van der Waals surface area contributed by atoms with Crippen molar-refractivity contribution in [3.8, 4) is 0 Å². The van der Waals surface area contributed by atoms with Crippen LogP contribution in [-0.2, 0) is 0 Å². The second-order valence-corrected chi connectivity index (χ2v) is 13.5. The normalized spacial score (nSPS) is 39.7. The van der Waals surface area contributed by atoms with Gasteiger partial charge in [0.25, 0.3) is 0 Å². The van der Waals surface area contributed by atoms with Crippen molar-refractivity contribution in [2.24, 2.45) is 23.7 Å². The molecule has 2 aliphatic heterocycles. The van der Waals surface area contributed by atoms with E-state index in [-0.39, 0.29) is 22.2 Å². The summed E-state index contributed by atoms with van der Waals surface area (Å²) in [5, 5.41) is 7.75. The number of allylic oxidation sites excluding steroid dienone is 6. The number of hydrogen-bond donors (Lipinski definition) is 2. The van der Waals surface area contributed by atoms with Crippen LogP contribution in [0.3, 0.4) is 0 Å². The van der Waals surface area contributed by atoms with Crippen LogP contribution in [0, 0.1) is 23.7 Å². The predicted octanol–water partition coefficient (Wildman–Crippen LogP) is 6.08. The first-order valence-corrected chi connectivity index (χ1v) is 12.1. The molecule has 5 aliphatic rings. The van der Waals surface area contributed by atoms with Gasteiger partial charge < -0.3 is 10.6 Å². The second-order valence-electron chi connectivity index (χ2n) is 13.5. The topological polar surface area (TPSA) is 24.1 Å². The number of rotatable bonds is 0. The predicted molar refractivity (Wildman–Crippen MR) is 127 cm³/mol. The fourth-order valence-corrected chi connectivity index (χ4v) is 8.25. The molecule has 2 nitrogen and oxygen atoms in total. The van der Waals surface area contributed by atoms with Gasteiger partial charge in [-0.05, 0) is 92.6 Å². The lowest BCUT2D eigenvalue weighted by molar-refractivity contribution is 0.219. The molecule has 3 fully saturated rings. The molecule has 0 unspecified atom stereocenters. The van der Waals surface area contributed by atoms with Crippen LogP contribution >= 0.6 is 0 Å². The van der Waals surface area contributed by atoms with Crippen LogP contribution < -0.4 is 10.6 Å². The zero-order chi connectivity index (χ0) is 21.7. The highest BCUT2D eigenvalue weighted by Crippen LogP contribution is 2.61. The number of fused-ring (bicyclic) bond motifs is 5. The third-order valence-electron chi connectivity index (χ3n) is 8.11. The maximum Gasteiger partial charge on any atom is 0.0167 e. The van der Waals surface area contributed by atoms with E-state index in [4.69, 9.17) is 0 Å². The Labute approximate surface area is 184 Å². The minimum Gasteiger partial charge on any atom is -0.306 e. The molecule has 0 spiro atoms. The minimum absolute atomic E-state index is 0.174. The van der Waals surface area contributed by atoms with Gasteiger partial charge in [-0.15, -0.1) is 0 Å². The standard InChI is InChI=1S/C28H42N2/c1-25(2)13-17(14-26(3,4)29-25)19-9-10-21-20-11-12-22(24(19)21)23(20)18-15-27(5,6)30-28(7,8)16-18/h9-12,20-22,24,29-30H,13-16H2,1-8H3/t20-,21+,22+,24-/m0/s1. The fourth-order valence-electron chi connectivity index (χ4n) is 8.25. The van der Waals surface area contributed by atoms with E-state index in [1.54, 1.807) is 22.3 Å². The molecule has 2 bridgehead atoms. The SMILES string of the molecule is CC1(C)CC(=C2C=C[C@H]3[C@H]2[C@@H]2C=C[C@@H]3C2=C2CC(C)(C)NC(C)(C)C2)CC(C)(C)N1. The van der Waals surface area contributed by atoms with Gasteiger partial charge in [0.05, 0.1) is 0 Å². The van der Waals surface area contributed by atoms with Gasteiger partial charge in [0.2, 0.25) is 0 Å². The van der Waals surface area contributed by atoms with Crippen molar-refractivity contribution >= 4 is 0 Å². The molecule has 0 radical (unpaired) electrons. The molecule has 0 aromatic carbocycles. The van der Waals surface area contributed by atoms with E-state index in [0.717, 1.165) is 0 Å². The lowest BCUT2D eigenvalue weighted by Gasteiger charge is -2.45. The zero-order valence-corrected chi connectivity index (χ0v) is 20.4. The summed E-state index contributed by atoms with van der Waals surface area (Å²) in [7, 11) is 0. The summed E-state index contributed by atoms with van der Waals surface area (Å²) in [5.41, 5.74) is 7.66. The molecule has 5 rings (SSSR count). The van der Waals surface area contributed by atoms with Crippen molar-refractivity contribution in [1.82, 2.24) is 10.6 Å². The van der Waals surface area contributed by atoms with Gasteiger partial charge in [-0.25, -0.2) is 0 Å². The Balaban J connectivity index is 1.54. The van der Waals surface area contributed by atoms with E-state index < -0.39 is 0 Å². The maximum atomic E-state index is 3.88. The van der Waals surface area contributed by atoms with Gasteiger partial charge in [-0.3, -0.25) is 0 Å². The van der Waals surface area contributed by atoms with E-state index in [9.17, 15) is 0 Å². The Morgan fingerprint density at radius 3 is 1.63 bits per heavy atom. The molecule has 0 aromatic rings. The Morgan fingerprint density at radius 2 is 1.10 bits per heavy atom. The van der Waals surface area contributed by atoms with Crippen LogP contribution in [0.4, 0.5) is 0 Å². The summed E-state index contributed by atoms with van der Waals surface area (Å²) in [6.45, 7) is 19.0. The first kappa shape index (κ1) is 20.8. The molecule has 30 heavy (non-hydrogen) atoms. The average molecular weight is 407 g/mol. The van der Waals surface area contributed by atoms with E-state index in [1.807, 2.05) is 0 Å². The first-order chi connectivity index (χ1) is 13.8. The van der Waals surface area contributed by atoms with Crippen LogP contribution in [0.2, 0.25) is 0 Å². The smallest absolute Gasteiger partial charge is 0.0167 e. The molecule has 0 aromatic heterocycles. The van der Waals surface area contributed by atoms with Crippen molar-refractivity contribution < 1.29 is 0 Å². The molecular formula is C28H42N2. The lowest BCUT2D eigenvalue weighted by atomic mass is 9.73. The molecule has 2 heteroatoms. The lowest BCUT2D eigenvalue weighted by Crippen LogP contribution is -2.56. The molecule has 1 saturated carbocycles. The summed E-state index contributed by atoms with van der Waals surface area (Å²) >= 11 is 0. The second kappa shape index (κ2) is 6.23. The molecule has 2 saturated heterocycles. The average Bonchev–Trinajstić information content (AvgIpc) is 3.19. The minimum atomic E-state index is 0.174. The Bertz CT molecular complexity index is 854. The Morgan fingerprint density at radius 1 is 0.633 bits per heavy atom. The summed E-state index contributed by atoms with van der Waals surface area (Å²) < 4.78 is 0. The Hall–Kier alpha value is -1.12. The van der Waals surface area contributed by atoms with Gasteiger partial charge in [-0.1, -0.05) is 41.0 Å². The van der Waals surface area contributed by atoms with Gasteiger partial charge in [-0.2, -0.15) is 0 Å². The monoisotopic (exact) mass is 406 g/mol. The quantitative estimate of drug-likeness (QED) is 0.476. The van der Waals surface area contributed by atoms with Gasteiger partial charge in [0.1, 0.15) is 0 Å². The highest BCUT2D eigenvalue weighted by atomic mass is 15.1. The van der Waals surface area contributed by atoms with Crippen LogP contribution in [0.15, 0.2) is 46.6 Å². The molecule has 3 aliphatic carbocycles. The Kier molecular flexibility index (Phi) is 4.31. The molecule has 4 atom stereocenters. The number of hydrogen-bond acceptors (Lipinski definition) is 2. The van der Waals surface area contributed by atoms with Gasteiger partial charge in [0, 0.05) is 39.9 Å². The summed E-state index contributed by atoms with van der Waals surface area (Å²) in [4.78, 5) is 0. The van der Waals surface area contributed by atoms with Crippen molar-refractivity contribution in [2.45, 2.75) is 103 Å². The third-order valence-corrected chi connectivity index (χ3v) is 8.11. The highest BCUT2D eigenvalue weighted by molar-refractivity contribution is 5.51. The van der Waals surface area contributed by atoms with Gasteiger partial charge in [0.15, 0.2) is 0 Å². The summed E-state index contributed by atoms with van der Waals surface area (Å²) in [6.07, 6.45) is 14.9. The van der Waals surface area contributed by atoms with E-state index in [2.05, 4.69) is 90.3 Å². The van der Waals surface area contributed by atoms with Crippen molar-refractivity contribution in [3.63, 3.8) is 0 Å². The molecule has 2 heterocycles. The first-order valence-electron chi connectivity index (χ1n) is 12.1. The molecule has 0 amide bonds. The maximum absolute atomic E-state index is 3.88. The van der Waals surface area contributed by atoms with Crippen molar-refractivity contribution in [3.05, 3.63) is 46.6 Å². The van der Waals surface area contributed by atoms with Crippen LogP contribution in [0.1, 0.15) is 81.1 Å². The van der Waals surface area contributed by atoms with E-state index >= 15 is 0 Å². The molecule has 164 valence electrons. The number of piperidine rings is 2. The zero-order valence-electron chi connectivity index (χ0n) is 20.4.